The maximum atomic E-state index is 11.5. The summed E-state index contributed by atoms with van der Waals surface area (Å²) >= 11 is 0. The zero-order valence-electron chi connectivity index (χ0n) is 10.0. The van der Waals surface area contributed by atoms with E-state index in [2.05, 4.69) is 5.32 Å². The molecule has 0 aliphatic heterocycles. The van der Waals surface area contributed by atoms with Gasteiger partial charge in [0.2, 0.25) is 11.8 Å². The van der Waals surface area contributed by atoms with Gasteiger partial charge >= 0.3 is 12.0 Å². The number of carbonyl (C=O) groups excluding carboxylic acids is 3. The van der Waals surface area contributed by atoms with E-state index in [1.165, 1.54) is 0 Å². The van der Waals surface area contributed by atoms with Gasteiger partial charge < -0.3 is 31.9 Å². The number of carbonyl (C=O) groups is 4. The second-order valence-electron chi connectivity index (χ2n) is 3.66. The van der Waals surface area contributed by atoms with Crippen LogP contribution in [0.15, 0.2) is 0 Å². The molecule has 0 aliphatic rings. The fourth-order valence-electron chi connectivity index (χ4n) is 1.13. The van der Waals surface area contributed by atoms with Gasteiger partial charge in [0.05, 0.1) is 0 Å². The van der Waals surface area contributed by atoms with Crippen molar-refractivity contribution in [3.8, 4) is 0 Å². The molecule has 0 fully saturated rings. The Labute approximate surface area is 108 Å². The van der Waals surface area contributed by atoms with E-state index in [0.717, 1.165) is 4.90 Å². The molecule has 10 heteroatoms. The average Bonchev–Trinajstić information content (AvgIpc) is 2.26. The summed E-state index contributed by atoms with van der Waals surface area (Å²) in [5.41, 5.74) is 9.79. The number of rotatable bonds is 8. The van der Waals surface area contributed by atoms with Crippen LogP contribution in [0.4, 0.5) is 4.79 Å². The number of carboxylic acids is 1. The Kier molecular flexibility index (Phi) is 6.89. The largest absolute Gasteiger partial charge is 0.479 e. The minimum Gasteiger partial charge on any atom is -0.479 e. The van der Waals surface area contributed by atoms with E-state index in [-0.39, 0.29) is 13.0 Å². The highest BCUT2D eigenvalue weighted by atomic mass is 16.4. The van der Waals surface area contributed by atoms with Gasteiger partial charge in [-0.25, -0.2) is 9.59 Å². The number of aliphatic hydroxyl groups is 1. The van der Waals surface area contributed by atoms with Crippen molar-refractivity contribution in [2.45, 2.75) is 12.5 Å². The molecule has 108 valence electrons. The standard InChI is InChI=1S/C9H16N4O6/c10-6(15)3-13(4-7(11)16)9(19)12-2-1-5(14)8(17)18/h5,14H,1-4H2,(H2,10,15)(H2,11,16)(H,12,19)(H,17,18). The van der Waals surface area contributed by atoms with Crippen molar-refractivity contribution in [3.05, 3.63) is 0 Å². The number of nitrogens with two attached hydrogens (primary N) is 2. The van der Waals surface area contributed by atoms with E-state index >= 15 is 0 Å². The summed E-state index contributed by atoms with van der Waals surface area (Å²) in [6, 6.07) is -0.810. The van der Waals surface area contributed by atoms with Gasteiger partial charge in [-0.15, -0.1) is 0 Å². The third-order valence-corrected chi connectivity index (χ3v) is 1.96. The molecule has 0 rings (SSSR count). The van der Waals surface area contributed by atoms with Crippen molar-refractivity contribution in [1.29, 1.82) is 0 Å². The van der Waals surface area contributed by atoms with Gasteiger partial charge in [-0.3, -0.25) is 9.59 Å². The molecule has 0 heterocycles. The molecule has 0 aromatic heterocycles. The summed E-state index contributed by atoms with van der Waals surface area (Å²) in [4.78, 5) is 44.0. The van der Waals surface area contributed by atoms with Crippen molar-refractivity contribution >= 4 is 23.8 Å². The molecule has 0 spiro atoms. The van der Waals surface area contributed by atoms with Gasteiger partial charge in [0.15, 0.2) is 6.10 Å². The fourth-order valence-corrected chi connectivity index (χ4v) is 1.13. The molecule has 19 heavy (non-hydrogen) atoms. The summed E-state index contributed by atoms with van der Waals surface area (Å²) in [5, 5.41) is 19.6. The van der Waals surface area contributed by atoms with E-state index in [4.69, 9.17) is 21.7 Å². The van der Waals surface area contributed by atoms with E-state index in [0.29, 0.717) is 0 Å². The molecule has 1 unspecified atom stereocenters. The predicted octanol–water partition coefficient (Wildman–Crippen LogP) is -3.20. The molecule has 0 saturated heterocycles. The van der Waals surface area contributed by atoms with Crippen LogP contribution >= 0.6 is 0 Å². The molecular formula is C9H16N4O6. The van der Waals surface area contributed by atoms with Crippen LogP contribution in [0.1, 0.15) is 6.42 Å². The smallest absolute Gasteiger partial charge is 0.332 e. The van der Waals surface area contributed by atoms with Crippen LogP contribution in [-0.4, -0.2) is 64.7 Å². The van der Waals surface area contributed by atoms with Crippen LogP contribution in [0.3, 0.4) is 0 Å². The van der Waals surface area contributed by atoms with Gasteiger partial charge in [-0.2, -0.15) is 0 Å². The summed E-state index contributed by atoms with van der Waals surface area (Å²) in [6.07, 6.45) is -1.83. The monoisotopic (exact) mass is 276 g/mol. The number of nitrogens with zero attached hydrogens (tertiary/aromatic N) is 1. The number of nitrogens with one attached hydrogen (secondary N) is 1. The Balaban J connectivity index is 4.28. The van der Waals surface area contributed by atoms with Crippen LogP contribution in [0.25, 0.3) is 0 Å². The molecule has 0 aromatic carbocycles. The molecule has 0 saturated carbocycles. The fraction of sp³-hybridized carbons (Fsp3) is 0.556. The second-order valence-corrected chi connectivity index (χ2v) is 3.66. The molecule has 0 bridgehead atoms. The van der Waals surface area contributed by atoms with Crippen LogP contribution < -0.4 is 16.8 Å². The number of hydrogen-bond donors (Lipinski definition) is 5. The van der Waals surface area contributed by atoms with Gasteiger partial charge in [0.1, 0.15) is 13.1 Å². The third kappa shape index (κ3) is 7.54. The zero-order valence-corrected chi connectivity index (χ0v) is 10.0. The first kappa shape index (κ1) is 16.6. The number of aliphatic carboxylic acids is 1. The SMILES string of the molecule is NC(=O)CN(CC(N)=O)C(=O)NCCC(O)C(=O)O. The minimum absolute atomic E-state index is 0.152. The van der Waals surface area contributed by atoms with Gasteiger partial charge in [0.25, 0.3) is 0 Å². The van der Waals surface area contributed by atoms with E-state index in [1.807, 2.05) is 0 Å². The number of primary amides is 2. The van der Waals surface area contributed by atoms with E-state index in [1.54, 1.807) is 0 Å². The highest BCUT2D eigenvalue weighted by molar-refractivity contribution is 5.87. The van der Waals surface area contributed by atoms with Gasteiger partial charge in [-0.05, 0) is 0 Å². The molecule has 0 radical (unpaired) electrons. The third-order valence-electron chi connectivity index (χ3n) is 1.96. The number of aliphatic hydroxyl groups excluding tert-OH is 1. The highest BCUT2D eigenvalue weighted by Crippen LogP contribution is 1.92. The molecular weight excluding hydrogens is 260 g/mol. The number of amides is 4. The highest BCUT2D eigenvalue weighted by Gasteiger charge is 2.18. The van der Waals surface area contributed by atoms with Crippen molar-refractivity contribution < 1.29 is 29.4 Å². The first-order valence-electron chi connectivity index (χ1n) is 5.24. The molecule has 1 atom stereocenters. The van der Waals surface area contributed by atoms with Crippen molar-refractivity contribution in [1.82, 2.24) is 10.2 Å². The van der Waals surface area contributed by atoms with Crippen LogP contribution in [-0.2, 0) is 14.4 Å². The maximum absolute atomic E-state index is 11.5. The first-order chi connectivity index (χ1) is 8.73. The van der Waals surface area contributed by atoms with Crippen LogP contribution in [0, 0.1) is 0 Å². The van der Waals surface area contributed by atoms with E-state index in [9.17, 15) is 19.2 Å². The normalized spacial score (nSPS) is 11.4. The molecule has 0 aliphatic carbocycles. The van der Waals surface area contributed by atoms with Crippen molar-refractivity contribution in [3.63, 3.8) is 0 Å². The average molecular weight is 276 g/mol. The lowest BCUT2D eigenvalue weighted by Gasteiger charge is -2.20. The Morgan fingerprint density at radius 1 is 1.11 bits per heavy atom. The first-order valence-corrected chi connectivity index (χ1v) is 5.24. The number of urea groups is 1. The summed E-state index contributed by atoms with van der Waals surface area (Å²) in [7, 11) is 0. The Morgan fingerprint density at radius 2 is 1.58 bits per heavy atom. The lowest BCUT2D eigenvalue weighted by atomic mass is 10.2. The van der Waals surface area contributed by atoms with Crippen molar-refractivity contribution in [2.24, 2.45) is 11.5 Å². The van der Waals surface area contributed by atoms with Crippen molar-refractivity contribution in [2.75, 3.05) is 19.6 Å². The number of hydrogen-bond acceptors (Lipinski definition) is 5. The Hall–Kier alpha value is -2.36. The Morgan fingerprint density at radius 3 is 1.95 bits per heavy atom. The predicted molar refractivity (Wildman–Crippen MR) is 61.6 cm³/mol. The quantitative estimate of drug-likeness (QED) is 0.312. The molecule has 0 aromatic rings. The van der Waals surface area contributed by atoms with Gasteiger partial charge in [0, 0.05) is 13.0 Å². The summed E-state index contributed by atoms with van der Waals surface area (Å²) in [6.45, 7) is -1.16. The lowest BCUT2D eigenvalue weighted by molar-refractivity contribution is -0.146. The van der Waals surface area contributed by atoms with E-state index < -0.39 is 43.0 Å². The molecule has 7 N–H and O–H groups in total. The molecule has 10 nitrogen and oxygen atoms in total. The minimum atomic E-state index is -1.61. The summed E-state index contributed by atoms with van der Waals surface area (Å²) in [5.74, 6) is -3.08. The van der Waals surface area contributed by atoms with Gasteiger partial charge in [-0.1, -0.05) is 0 Å². The topological polar surface area (TPSA) is 176 Å². The lowest BCUT2D eigenvalue weighted by Crippen LogP contribution is -2.48. The summed E-state index contributed by atoms with van der Waals surface area (Å²) < 4.78 is 0. The maximum Gasteiger partial charge on any atom is 0.332 e. The second kappa shape index (κ2) is 7.87. The Bertz CT molecular complexity index is 356. The van der Waals surface area contributed by atoms with Crippen LogP contribution in [0.5, 0.6) is 0 Å². The van der Waals surface area contributed by atoms with Crippen LogP contribution in [0.2, 0.25) is 0 Å². The zero-order chi connectivity index (χ0) is 15.0. The number of carboxylic acid groups (broad SMARTS) is 1. The molecule has 4 amide bonds.